The zero-order valence-electron chi connectivity index (χ0n) is 5.43. The summed E-state index contributed by atoms with van der Waals surface area (Å²) < 4.78 is 0. The smallest absolute Gasteiger partial charge is 0.323 e. The Morgan fingerprint density at radius 3 is 2.80 bits per heavy atom. The number of carbonyl (C=O) groups excluding carboxylic acids is 2. The molecule has 5 heteroatoms. The molecular weight excluding hydrogens is 200 g/mol. The lowest BCUT2D eigenvalue weighted by molar-refractivity contribution is -0.120. The van der Waals surface area contributed by atoms with Gasteiger partial charge in [0.25, 0.3) is 0 Å². The van der Waals surface area contributed by atoms with E-state index >= 15 is 0 Å². The van der Waals surface area contributed by atoms with Crippen LogP contribution >= 0.6 is 15.9 Å². The van der Waals surface area contributed by atoms with E-state index in [2.05, 4.69) is 21.2 Å². The number of imide groups is 1. The number of hydrogen-bond acceptors (Lipinski definition) is 2. The molecule has 0 saturated carbocycles. The molecule has 0 aliphatic carbocycles. The first-order valence-electron chi connectivity index (χ1n) is 2.81. The maximum atomic E-state index is 10.7. The third kappa shape index (κ3) is 1.29. The lowest BCUT2D eigenvalue weighted by Crippen LogP contribution is -2.53. The second kappa shape index (κ2) is 2.57. The molecule has 56 valence electrons. The fraction of sp³-hybridized carbons (Fsp3) is 0.600. The van der Waals surface area contributed by atoms with Crippen LogP contribution in [0.25, 0.3) is 0 Å². The molecule has 0 unspecified atom stereocenters. The van der Waals surface area contributed by atoms with Crippen LogP contribution in [0.5, 0.6) is 0 Å². The molecule has 1 atom stereocenters. The van der Waals surface area contributed by atoms with Gasteiger partial charge in [-0.15, -0.1) is 0 Å². The fourth-order valence-corrected chi connectivity index (χ4v) is 1.23. The quantitative estimate of drug-likeness (QED) is 0.565. The average Bonchev–Trinajstić information content (AvgIpc) is 1.84. The van der Waals surface area contributed by atoms with E-state index in [4.69, 9.17) is 0 Å². The van der Waals surface area contributed by atoms with Crippen molar-refractivity contribution in [1.82, 2.24) is 10.2 Å². The Hall–Kier alpha value is -0.580. The molecular formula is C5H7BrN2O2. The van der Waals surface area contributed by atoms with E-state index in [9.17, 15) is 9.59 Å². The van der Waals surface area contributed by atoms with Gasteiger partial charge in [0, 0.05) is 13.6 Å². The Morgan fingerprint density at radius 1 is 1.70 bits per heavy atom. The number of amides is 3. The summed E-state index contributed by atoms with van der Waals surface area (Å²) >= 11 is 3.12. The molecule has 1 saturated heterocycles. The number of hydrogen-bond donors (Lipinski definition) is 1. The molecule has 0 aromatic heterocycles. The van der Waals surface area contributed by atoms with Gasteiger partial charge in [-0.2, -0.15) is 0 Å². The SMILES string of the molecule is CN1C[C@@H](Br)C(=O)NC1=O. The third-order valence-corrected chi connectivity index (χ3v) is 2.00. The van der Waals surface area contributed by atoms with Crippen LogP contribution in [0.2, 0.25) is 0 Å². The molecule has 0 aromatic carbocycles. The molecule has 3 amide bonds. The van der Waals surface area contributed by atoms with Crippen molar-refractivity contribution in [3.8, 4) is 0 Å². The Balaban J connectivity index is 2.63. The zero-order chi connectivity index (χ0) is 7.72. The molecule has 1 rings (SSSR count). The first-order valence-corrected chi connectivity index (χ1v) is 3.73. The Labute approximate surface area is 66.7 Å². The summed E-state index contributed by atoms with van der Waals surface area (Å²) in [7, 11) is 1.63. The van der Waals surface area contributed by atoms with Gasteiger partial charge in [-0.1, -0.05) is 15.9 Å². The van der Waals surface area contributed by atoms with Crippen LogP contribution in [0.1, 0.15) is 0 Å². The Kier molecular flexibility index (Phi) is 1.94. The van der Waals surface area contributed by atoms with Crippen LogP contribution in [-0.4, -0.2) is 35.3 Å². The number of halogens is 1. The highest BCUT2D eigenvalue weighted by Crippen LogP contribution is 2.06. The Morgan fingerprint density at radius 2 is 2.30 bits per heavy atom. The molecule has 1 fully saturated rings. The monoisotopic (exact) mass is 206 g/mol. The van der Waals surface area contributed by atoms with Crippen molar-refractivity contribution in [3.63, 3.8) is 0 Å². The largest absolute Gasteiger partial charge is 0.326 e. The second-order valence-electron chi connectivity index (χ2n) is 2.14. The number of carbonyl (C=O) groups is 2. The summed E-state index contributed by atoms with van der Waals surface area (Å²) in [4.78, 5) is 22.6. The van der Waals surface area contributed by atoms with Gasteiger partial charge in [0.1, 0.15) is 4.83 Å². The topological polar surface area (TPSA) is 49.4 Å². The maximum absolute atomic E-state index is 10.7. The van der Waals surface area contributed by atoms with Gasteiger partial charge < -0.3 is 4.90 Å². The predicted octanol–water partition coefficient (Wildman–Crippen LogP) is -0.0685. The van der Waals surface area contributed by atoms with Crippen molar-refractivity contribution >= 4 is 27.9 Å². The average molecular weight is 207 g/mol. The lowest BCUT2D eigenvalue weighted by Gasteiger charge is -2.25. The molecule has 0 aromatic rings. The molecule has 0 spiro atoms. The molecule has 10 heavy (non-hydrogen) atoms. The van der Waals surface area contributed by atoms with E-state index in [1.54, 1.807) is 7.05 Å². The van der Waals surface area contributed by atoms with E-state index in [0.717, 1.165) is 0 Å². The molecule has 0 radical (unpaired) electrons. The third-order valence-electron chi connectivity index (χ3n) is 1.30. The summed E-state index contributed by atoms with van der Waals surface area (Å²) in [5.74, 6) is -0.261. The highest BCUT2D eigenvalue weighted by atomic mass is 79.9. The summed E-state index contributed by atoms with van der Waals surface area (Å²) in [6.45, 7) is 0.435. The molecule has 1 heterocycles. The first kappa shape index (κ1) is 7.53. The molecule has 1 aliphatic rings. The van der Waals surface area contributed by atoms with Gasteiger partial charge >= 0.3 is 6.03 Å². The van der Waals surface area contributed by atoms with E-state index in [0.29, 0.717) is 6.54 Å². The standard InChI is InChI=1S/C5H7BrN2O2/c1-8-2-3(6)4(9)7-5(8)10/h3H,2H2,1H3,(H,7,9,10)/t3-/m1/s1. The lowest BCUT2D eigenvalue weighted by atomic mass is 10.3. The van der Waals surface area contributed by atoms with E-state index in [-0.39, 0.29) is 16.8 Å². The Bertz CT molecular complexity index is 164. The first-order chi connectivity index (χ1) is 4.61. The van der Waals surface area contributed by atoms with E-state index in [1.165, 1.54) is 4.90 Å². The van der Waals surface area contributed by atoms with Crippen molar-refractivity contribution in [2.75, 3.05) is 13.6 Å². The van der Waals surface area contributed by atoms with Gasteiger partial charge in [-0.05, 0) is 0 Å². The molecule has 1 N–H and O–H groups in total. The number of rotatable bonds is 0. The van der Waals surface area contributed by atoms with Crippen LogP contribution in [0.4, 0.5) is 4.79 Å². The van der Waals surface area contributed by atoms with Gasteiger partial charge in [0.05, 0.1) is 0 Å². The van der Waals surface area contributed by atoms with Crippen molar-refractivity contribution in [2.45, 2.75) is 4.83 Å². The van der Waals surface area contributed by atoms with Crippen LogP contribution in [0.15, 0.2) is 0 Å². The normalized spacial score (nSPS) is 26.6. The minimum absolute atomic E-state index is 0.261. The number of nitrogens with zero attached hydrogens (tertiary/aromatic N) is 1. The van der Waals surface area contributed by atoms with Crippen molar-refractivity contribution < 1.29 is 9.59 Å². The van der Waals surface area contributed by atoms with Crippen molar-refractivity contribution in [2.24, 2.45) is 0 Å². The summed E-state index contributed by atoms with van der Waals surface area (Å²) in [5.41, 5.74) is 0. The highest BCUT2D eigenvalue weighted by Gasteiger charge is 2.27. The van der Waals surface area contributed by atoms with Crippen molar-refractivity contribution in [3.05, 3.63) is 0 Å². The fourth-order valence-electron chi connectivity index (χ4n) is 0.685. The molecule has 0 bridgehead atoms. The van der Waals surface area contributed by atoms with Crippen molar-refractivity contribution in [1.29, 1.82) is 0 Å². The second-order valence-corrected chi connectivity index (χ2v) is 3.25. The molecule has 1 aliphatic heterocycles. The number of alkyl halides is 1. The molecule has 4 nitrogen and oxygen atoms in total. The predicted molar refractivity (Wildman–Crippen MR) is 38.9 cm³/mol. The van der Waals surface area contributed by atoms with Crippen LogP contribution in [-0.2, 0) is 4.79 Å². The van der Waals surface area contributed by atoms with Crippen LogP contribution < -0.4 is 5.32 Å². The number of urea groups is 1. The van der Waals surface area contributed by atoms with Gasteiger partial charge in [-0.25, -0.2) is 4.79 Å². The zero-order valence-corrected chi connectivity index (χ0v) is 7.01. The minimum Gasteiger partial charge on any atom is -0.326 e. The van der Waals surface area contributed by atoms with Gasteiger partial charge in [-0.3, -0.25) is 10.1 Å². The van der Waals surface area contributed by atoms with Gasteiger partial charge in [0.15, 0.2) is 0 Å². The van der Waals surface area contributed by atoms with E-state index in [1.807, 2.05) is 0 Å². The summed E-state index contributed by atoms with van der Waals surface area (Å²) in [5, 5.41) is 2.18. The van der Waals surface area contributed by atoms with Crippen LogP contribution in [0.3, 0.4) is 0 Å². The highest BCUT2D eigenvalue weighted by molar-refractivity contribution is 9.10. The minimum atomic E-state index is -0.333. The van der Waals surface area contributed by atoms with Crippen LogP contribution in [0, 0.1) is 0 Å². The van der Waals surface area contributed by atoms with Gasteiger partial charge in [0.2, 0.25) is 5.91 Å². The number of nitrogens with one attached hydrogen (secondary N) is 1. The maximum Gasteiger partial charge on any atom is 0.323 e. The summed E-state index contributed by atoms with van der Waals surface area (Å²) in [6.07, 6.45) is 0. The van der Waals surface area contributed by atoms with E-state index < -0.39 is 0 Å². The summed E-state index contributed by atoms with van der Waals surface area (Å²) in [6, 6.07) is -0.333.